The van der Waals surface area contributed by atoms with E-state index in [1.165, 1.54) is 30.7 Å². The number of halogens is 1. The van der Waals surface area contributed by atoms with Crippen molar-refractivity contribution in [3.05, 3.63) is 117 Å². The summed E-state index contributed by atoms with van der Waals surface area (Å²) < 4.78 is 6.01. The minimum Gasteiger partial charge on any atom is -0.496 e. The summed E-state index contributed by atoms with van der Waals surface area (Å²) in [6.07, 6.45) is 4.21. The normalized spacial score (nSPS) is 13.0. The van der Waals surface area contributed by atoms with Gasteiger partial charge in [0.1, 0.15) is 11.3 Å². The van der Waals surface area contributed by atoms with E-state index in [0.717, 1.165) is 55.0 Å². The second-order valence-corrected chi connectivity index (χ2v) is 11.7. The second kappa shape index (κ2) is 13.8. The quantitative estimate of drug-likeness (QED) is 0.175. The number of nitrogens with one attached hydrogen (secondary N) is 1. The first kappa shape index (κ1) is 30.2. The lowest BCUT2D eigenvalue weighted by Gasteiger charge is -2.35. The zero-order valence-electron chi connectivity index (χ0n) is 24.5. The van der Waals surface area contributed by atoms with Crippen LogP contribution in [0.3, 0.4) is 0 Å². The molecule has 0 aliphatic carbocycles. The van der Waals surface area contributed by atoms with Crippen molar-refractivity contribution in [2.75, 3.05) is 30.1 Å². The molecule has 0 saturated carbocycles. The molecule has 2 N–H and O–H groups in total. The Bertz CT molecular complexity index is 1590. The Balaban J connectivity index is 1.51. The highest BCUT2D eigenvalue weighted by Crippen LogP contribution is 2.38. The maximum absolute atomic E-state index is 13.8. The average molecular weight is 643 g/mol. The van der Waals surface area contributed by atoms with Crippen molar-refractivity contribution in [1.82, 2.24) is 5.43 Å². The van der Waals surface area contributed by atoms with Crippen LogP contribution in [-0.2, 0) is 17.6 Å². The van der Waals surface area contributed by atoms with Gasteiger partial charge in [-0.3, -0.25) is 15.2 Å². The van der Waals surface area contributed by atoms with Gasteiger partial charge in [-0.15, -0.1) is 0 Å². The Labute approximate surface area is 261 Å². The Morgan fingerprint density at radius 2 is 1.63 bits per heavy atom. The number of nitrogens with zero attached hydrogens (tertiary/aromatic N) is 2. The van der Waals surface area contributed by atoms with Crippen LogP contribution in [0.15, 0.2) is 89.4 Å². The van der Waals surface area contributed by atoms with E-state index in [4.69, 9.17) is 4.74 Å². The van der Waals surface area contributed by atoms with Gasteiger partial charge in [-0.2, -0.15) is 0 Å². The van der Waals surface area contributed by atoms with Gasteiger partial charge in [-0.1, -0.05) is 70.5 Å². The summed E-state index contributed by atoms with van der Waals surface area (Å²) >= 11 is 3.39. The number of methoxy groups -OCH3 is 1. The smallest absolute Gasteiger partial charge is 0.339 e. The molecule has 1 fully saturated rings. The fourth-order valence-electron chi connectivity index (χ4n) is 5.69. The number of aromatic carboxylic acids is 1. The number of anilines is 3. The molecule has 1 aliphatic rings. The molecule has 0 atom stereocenters. The van der Waals surface area contributed by atoms with Crippen molar-refractivity contribution in [3.63, 3.8) is 0 Å². The third-order valence-corrected chi connectivity index (χ3v) is 8.19. The molecule has 4 aromatic carbocycles. The first-order valence-electron chi connectivity index (χ1n) is 14.5. The second-order valence-electron chi connectivity index (χ2n) is 10.8. The molecule has 222 valence electrons. The topological polar surface area (TPSA) is 82.1 Å². The first-order valence-corrected chi connectivity index (χ1v) is 15.3. The van der Waals surface area contributed by atoms with E-state index in [9.17, 15) is 14.7 Å². The number of benzene rings is 4. The van der Waals surface area contributed by atoms with Crippen molar-refractivity contribution in [1.29, 1.82) is 0 Å². The summed E-state index contributed by atoms with van der Waals surface area (Å²) in [6, 6.07) is 28.0. The van der Waals surface area contributed by atoms with Crippen LogP contribution in [0.4, 0.5) is 17.1 Å². The molecule has 0 bridgehead atoms. The number of para-hydroxylation sites is 1. The third kappa shape index (κ3) is 7.20. The molecule has 1 amide bonds. The molecular formula is C35H36BrN3O4. The largest absolute Gasteiger partial charge is 0.496 e. The molecule has 5 rings (SSSR count). The number of hydrazine groups is 1. The molecule has 8 heteroatoms. The van der Waals surface area contributed by atoms with E-state index in [2.05, 4.69) is 75.6 Å². The summed E-state index contributed by atoms with van der Waals surface area (Å²) in [6.45, 7) is 3.98. The van der Waals surface area contributed by atoms with Gasteiger partial charge in [0.25, 0.3) is 0 Å². The number of carbonyl (C=O) groups is 2. The number of carboxylic acid groups (broad SMARTS) is 1. The SMILES string of the molecule is COc1c(CC(=O)NN(c2ccc(Cc3ccccc3)cc2)c2c(C)cccc2N2CCCCC2)cc(Br)cc1C(=O)O. The highest BCUT2D eigenvalue weighted by atomic mass is 79.9. The zero-order valence-corrected chi connectivity index (χ0v) is 26.1. The van der Waals surface area contributed by atoms with E-state index in [1.54, 1.807) is 6.07 Å². The fraction of sp³-hybridized carbons (Fsp3) is 0.257. The molecule has 0 radical (unpaired) electrons. The Kier molecular flexibility index (Phi) is 9.67. The van der Waals surface area contributed by atoms with E-state index < -0.39 is 5.97 Å². The average Bonchev–Trinajstić information content (AvgIpc) is 3.01. The molecular weight excluding hydrogens is 606 g/mol. The predicted molar refractivity (Wildman–Crippen MR) is 175 cm³/mol. The number of piperidine rings is 1. The van der Waals surface area contributed by atoms with Gasteiger partial charge in [0.2, 0.25) is 5.91 Å². The molecule has 7 nitrogen and oxygen atoms in total. The van der Waals surface area contributed by atoms with Crippen LogP contribution in [0.2, 0.25) is 0 Å². The first-order chi connectivity index (χ1) is 20.8. The van der Waals surface area contributed by atoms with Crippen molar-refractivity contribution in [2.24, 2.45) is 0 Å². The minimum atomic E-state index is -1.12. The standard InChI is InChI=1S/C35H36BrN3O4/c1-24-10-9-13-31(38-18-7-4-8-19-38)33(24)39(29-16-14-26(15-17-29)20-25-11-5-3-6-12-25)37-32(40)22-27-21-28(36)23-30(35(41)42)34(27)43-2/h3,5-6,9-17,21,23H,4,7-8,18-20,22H2,1-2H3,(H,37,40)(H,41,42). The Hall–Kier alpha value is -4.30. The van der Waals surface area contributed by atoms with Gasteiger partial charge in [0.15, 0.2) is 0 Å². The zero-order chi connectivity index (χ0) is 30.3. The summed E-state index contributed by atoms with van der Waals surface area (Å²) in [5, 5.41) is 11.6. The number of hydrogen-bond acceptors (Lipinski definition) is 5. The molecule has 1 aliphatic heterocycles. The van der Waals surface area contributed by atoms with Gasteiger partial charge < -0.3 is 14.7 Å². The van der Waals surface area contributed by atoms with Gasteiger partial charge >= 0.3 is 5.97 Å². The lowest BCUT2D eigenvalue weighted by atomic mass is 10.0. The van der Waals surface area contributed by atoms with Crippen LogP contribution >= 0.6 is 15.9 Å². The molecule has 1 heterocycles. The number of ether oxygens (including phenoxy) is 1. The van der Waals surface area contributed by atoms with Gasteiger partial charge in [-0.05, 0) is 79.6 Å². The minimum absolute atomic E-state index is 0.00294. The Morgan fingerprint density at radius 3 is 2.30 bits per heavy atom. The fourth-order valence-corrected chi connectivity index (χ4v) is 6.19. The van der Waals surface area contributed by atoms with Crippen LogP contribution < -0.4 is 20.1 Å². The van der Waals surface area contributed by atoms with E-state index in [1.807, 2.05) is 35.3 Å². The lowest BCUT2D eigenvalue weighted by molar-refractivity contribution is -0.120. The highest BCUT2D eigenvalue weighted by Gasteiger charge is 2.24. The van der Waals surface area contributed by atoms with Gasteiger partial charge in [0, 0.05) is 23.1 Å². The van der Waals surface area contributed by atoms with Crippen molar-refractivity contribution >= 4 is 44.9 Å². The van der Waals surface area contributed by atoms with Crippen LogP contribution in [-0.4, -0.2) is 37.2 Å². The van der Waals surface area contributed by atoms with Crippen molar-refractivity contribution in [3.8, 4) is 5.75 Å². The van der Waals surface area contributed by atoms with E-state index in [0.29, 0.717) is 10.0 Å². The van der Waals surface area contributed by atoms with Crippen LogP contribution in [0, 0.1) is 6.92 Å². The summed E-state index contributed by atoms with van der Waals surface area (Å²) in [7, 11) is 1.42. The van der Waals surface area contributed by atoms with Crippen molar-refractivity contribution < 1.29 is 19.4 Å². The lowest BCUT2D eigenvalue weighted by Crippen LogP contribution is -2.41. The van der Waals surface area contributed by atoms with Gasteiger partial charge in [0.05, 0.1) is 30.6 Å². The number of carbonyl (C=O) groups excluding carboxylic acids is 1. The molecule has 0 aromatic heterocycles. The monoisotopic (exact) mass is 641 g/mol. The number of rotatable bonds is 10. The maximum atomic E-state index is 13.8. The third-order valence-electron chi connectivity index (χ3n) is 7.74. The highest BCUT2D eigenvalue weighted by molar-refractivity contribution is 9.10. The Morgan fingerprint density at radius 1 is 0.930 bits per heavy atom. The summed E-state index contributed by atoms with van der Waals surface area (Å²) in [4.78, 5) is 28.0. The number of aryl methyl sites for hydroxylation is 1. The summed E-state index contributed by atoms with van der Waals surface area (Å²) in [5.74, 6) is -1.25. The molecule has 0 unspecified atom stereocenters. The van der Waals surface area contributed by atoms with Gasteiger partial charge in [-0.25, -0.2) is 4.79 Å². The number of carboxylic acids is 1. The van der Waals surface area contributed by atoms with Crippen LogP contribution in [0.25, 0.3) is 0 Å². The molecule has 4 aromatic rings. The predicted octanol–water partition coefficient (Wildman–Crippen LogP) is 7.46. The van der Waals surface area contributed by atoms with E-state index >= 15 is 0 Å². The van der Waals surface area contributed by atoms with E-state index in [-0.39, 0.29) is 23.6 Å². The summed E-state index contributed by atoms with van der Waals surface area (Å²) in [5.41, 5.74) is 9.88. The van der Waals surface area contributed by atoms with Crippen LogP contribution in [0.1, 0.15) is 51.9 Å². The molecule has 43 heavy (non-hydrogen) atoms. The maximum Gasteiger partial charge on any atom is 0.339 e. The van der Waals surface area contributed by atoms with Crippen molar-refractivity contribution in [2.45, 2.75) is 39.0 Å². The number of hydrogen-bond donors (Lipinski definition) is 2. The molecule has 0 spiro atoms. The number of amides is 1. The van der Waals surface area contributed by atoms with Crippen LogP contribution in [0.5, 0.6) is 5.75 Å². The molecule has 1 saturated heterocycles.